The van der Waals surface area contributed by atoms with Crippen LogP contribution in [0.1, 0.15) is 5.56 Å². The van der Waals surface area contributed by atoms with E-state index in [-0.39, 0.29) is 17.9 Å². The second kappa shape index (κ2) is 2.84. The standard InChI is InChI=1S/C7H7F2NO/c8-5-2-1-4(3-11)7(10)6(5)9/h1-2,11H,3,10H2. The third-order valence-corrected chi connectivity index (χ3v) is 1.39. The SMILES string of the molecule is Nc1c(CO)ccc(F)c1F. The topological polar surface area (TPSA) is 46.2 Å². The zero-order valence-corrected chi connectivity index (χ0v) is 5.64. The number of hydrogen-bond donors (Lipinski definition) is 2. The number of aliphatic hydroxyl groups is 1. The number of nitrogens with two attached hydrogens (primary N) is 1. The lowest BCUT2D eigenvalue weighted by Crippen LogP contribution is -1.99. The molecule has 0 aliphatic carbocycles. The van der Waals surface area contributed by atoms with Gasteiger partial charge in [-0.2, -0.15) is 0 Å². The van der Waals surface area contributed by atoms with Crippen LogP contribution in [0.25, 0.3) is 0 Å². The zero-order chi connectivity index (χ0) is 8.43. The first-order valence-corrected chi connectivity index (χ1v) is 3.00. The molecule has 0 saturated carbocycles. The van der Waals surface area contributed by atoms with Gasteiger partial charge in [-0.25, -0.2) is 8.78 Å². The van der Waals surface area contributed by atoms with E-state index in [4.69, 9.17) is 10.8 Å². The smallest absolute Gasteiger partial charge is 0.182 e. The van der Waals surface area contributed by atoms with Crippen molar-refractivity contribution in [3.8, 4) is 0 Å². The molecule has 0 heterocycles. The van der Waals surface area contributed by atoms with Crippen molar-refractivity contribution < 1.29 is 13.9 Å². The van der Waals surface area contributed by atoms with Crippen LogP contribution < -0.4 is 5.73 Å². The van der Waals surface area contributed by atoms with Crippen molar-refractivity contribution in [3.05, 3.63) is 29.3 Å². The molecule has 0 amide bonds. The Morgan fingerprint density at radius 2 is 2.00 bits per heavy atom. The van der Waals surface area contributed by atoms with Crippen LogP contribution in [-0.2, 0) is 6.61 Å². The monoisotopic (exact) mass is 159 g/mol. The molecule has 1 aromatic carbocycles. The van der Waals surface area contributed by atoms with E-state index in [9.17, 15) is 8.78 Å². The number of rotatable bonds is 1. The molecule has 60 valence electrons. The fourth-order valence-electron chi connectivity index (χ4n) is 0.744. The second-order valence-corrected chi connectivity index (χ2v) is 2.09. The maximum Gasteiger partial charge on any atom is 0.182 e. The quantitative estimate of drug-likeness (QED) is 0.601. The molecule has 0 aliphatic heterocycles. The molecule has 1 aromatic rings. The van der Waals surface area contributed by atoms with Crippen LogP contribution in [0, 0.1) is 11.6 Å². The van der Waals surface area contributed by atoms with Gasteiger partial charge >= 0.3 is 0 Å². The summed E-state index contributed by atoms with van der Waals surface area (Å²) in [7, 11) is 0. The first kappa shape index (κ1) is 7.94. The van der Waals surface area contributed by atoms with E-state index in [1.54, 1.807) is 0 Å². The highest BCUT2D eigenvalue weighted by Crippen LogP contribution is 2.18. The minimum absolute atomic E-state index is 0.198. The van der Waals surface area contributed by atoms with Gasteiger partial charge in [0, 0.05) is 5.56 Å². The van der Waals surface area contributed by atoms with E-state index in [2.05, 4.69) is 0 Å². The maximum absolute atomic E-state index is 12.6. The van der Waals surface area contributed by atoms with Gasteiger partial charge in [0.05, 0.1) is 12.3 Å². The third kappa shape index (κ3) is 1.30. The van der Waals surface area contributed by atoms with Gasteiger partial charge in [0.2, 0.25) is 0 Å². The highest BCUT2D eigenvalue weighted by atomic mass is 19.2. The summed E-state index contributed by atoms with van der Waals surface area (Å²) in [5.74, 6) is -2.10. The molecule has 0 spiro atoms. The normalized spacial score (nSPS) is 10.1. The van der Waals surface area contributed by atoms with Gasteiger partial charge in [0.15, 0.2) is 11.6 Å². The molecule has 1 rings (SSSR count). The Morgan fingerprint density at radius 1 is 1.36 bits per heavy atom. The summed E-state index contributed by atoms with van der Waals surface area (Å²) in [6, 6.07) is 2.17. The van der Waals surface area contributed by atoms with Gasteiger partial charge in [-0.15, -0.1) is 0 Å². The Bertz CT molecular complexity index is 275. The summed E-state index contributed by atoms with van der Waals surface area (Å²) in [5.41, 5.74) is 4.99. The van der Waals surface area contributed by atoms with Gasteiger partial charge in [-0.05, 0) is 6.07 Å². The Labute approximate surface area is 62.3 Å². The van der Waals surface area contributed by atoms with Crippen molar-refractivity contribution in [3.63, 3.8) is 0 Å². The summed E-state index contributed by atoms with van der Waals surface area (Å²) in [5, 5.41) is 8.56. The highest BCUT2D eigenvalue weighted by molar-refractivity contribution is 5.47. The van der Waals surface area contributed by atoms with Gasteiger partial charge in [-0.1, -0.05) is 6.07 Å². The van der Waals surface area contributed by atoms with Crippen LogP contribution in [0.2, 0.25) is 0 Å². The molecule has 0 atom stereocenters. The maximum atomic E-state index is 12.6. The lowest BCUT2D eigenvalue weighted by molar-refractivity contribution is 0.281. The van der Waals surface area contributed by atoms with E-state index >= 15 is 0 Å². The van der Waals surface area contributed by atoms with Gasteiger partial charge in [-0.3, -0.25) is 0 Å². The zero-order valence-electron chi connectivity index (χ0n) is 5.64. The van der Waals surface area contributed by atoms with E-state index in [0.29, 0.717) is 0 Å². The number of aliphatic hydroxyl groups excluding tert-OH is 1. The van der Waals surface area contributed by atoms with E-state index in [1.807, 2.05) is 0 Å². The summed E-state index contributed by atoms with van der Waals surface area (Å²) >= 11 is 0. The largest absolute Gasteiger partial charge is 0.396 e. The van der Waals surface area contributed by atoms with Crippen LogP contribution in [0.15, 0.2) is 12.1 Å². The van der Waals surface area contributed by atoms with Gasteiger partial charge in [0.1, 0.15) is 0 Å². The third-order valence-electron chi connectivity index (χ3n) is 1.39. The minimum Gasteiger partial charge on any atom is -0.396 e. The molecule has 4 heteroatoms. The summed E-state index contributed by atoms with van der Waals surface area (Å²) < 4.78 is 24.9. The fraction of sp³-hybridized carbons (Fsp3) is 0.143. The lowest BCUT2D eigenvalue weighted by atomic mass is 10.2. The first-order chi connectivity index (χ1) is 5.16. The van der Waals surface area contributed by atoms with Crippen LogP contribution in [0.4, 0.5) is 14.5 Å². The van der Waals surface area contributed by atoms with Gasteiger partial charge in [0.25, 0.3) is 0 Å². The minimum atomic E-state index is -1.10. The van der Waals surface area contributed by atoms with Crippen LogP contribution in [0.5, 0.6) is 0 Å². The van der Waals surface area contributed by atoms with Gasteiger partial charge < -0.3 is 10.8 Å². The molecule has 0 aromatic heterocycles. The van der Waals surface area contributed by atoms with Crippen molar-refractivity contribution in [2.24, 2.45) is 0 Å². The number of benzene rings is 1. The van der Waals surface area contributed by atoms with Crippen molar-refractivity contribution in [1.29, 1.82) is 0 Å². The van der Waals surface area contributed by atoms with E-state index in [0.717, 1.165) is 6.07 Å². The Kier molecular flexibility index (Phi) is 2.05. The molecule has 3 N–H and O–H groups in total. The van der Waals surface area contributed by atoms with Crippen molar-refractivity contribution in [1.82, 2.24) is 0 Å². The highest BCUT2D eigenvalue weighted by Gasteiger charge is 2.08. The number of anilines is 1. The summed E-state index contributed by atoms with van der Waals surface area (Å²) in [6.07, 6.45) is 0. The molecule has 11 heavy (non-hydrogen) atoms. The van der Waals surface area contributed by atoms with Crippen molar-refractivity contribution >= 4 is 5.69 Å². The van der Waals surface area contributed by atoms with Crippen LogP contribution in [-0.4, -0.2) is 5.11 Å². The average molecular weight is 159 g/mol. The first-order valence-electron chi connectivity index (χ1n) is 3.00. The van der Waals surface area contributed by atoms with E-state index < -0.39 is 11.6 Å². The molecule has 0 fully saturated rings. The number of nitrogen functional groups attached to an aromatic ring is 1. The average Bonchev–Trinajstić information content (AvgIpc) is 2.01. The fourth-order valence-corrected chi connectivity index (χ4v) is 0.744. The summed E-state index contributed by atoms with van der Waals surface area (Å²) in [6.45, 7) is -0.386. The Balaban J connectivity index is 3.25. The lowest BCUT2D eigenvalue weighted by Gasteiger charge is -2.02. The summed E-state index contributed by atoms with van der Waals surface area (Å²) in [4.78, 5) is 0. The molecular weight excluding hydrogens is 152 g/mol. The predicted octanol–water partition coefficient (Wildman–Crippen LogP) is 1.04. The number of hydrogen-bond acceptors (Lipinski definition) is 2. The molecule has 0 unspecified atom stereocenters. The molecule has 0 saturated heterocycles. The Morgan fingerprint density at radius 3 is 2.55 bits per heavy atom. The molecule has 0 radical (unpaired) electrons. The predicted molar refractivity (Wildman–Crippen MR) is 36.7 cm³/mol. The van der Waals surface area contributed by atoms with Crippen LogP contribution >= 0.6 is 0 Å². The van der Waals surface area contributed by atoms with Crippen LogP contribution in [0.3, 0.4) is 0 Å². The van der Waals surface area contributed by atoms with Crippen molar-refractivity contribution in [2.75, 3.05) is 5.73 Å². The second-order valence-electron chi connectivity index (χ2n) is 2.09. The molecule has 2 nitrogen and oxygen atoms in total. The molecule has 0 aliphatic rings. The van der Waals surface area contributed by atoms with Crippen molar-refractivity contribution in [2.45, 2.75) is 6.61 Å². The van der Waals surface area contributed by atoms with E-state index in [1.165, 1.54) is 6.07 Å². The molecule has 0 bridgehead atoms. The molecular formula is C7H7F2NO. The Hall–Kier alpha value is -1.16. The number of halogens is 2.